The van der Waals surface area contributed by atoms with Crippen LogP contribution in [-0.2, 0) is 6.61 Å². The highest BCUT2D eigenvalue weighted by molar-refractivity contribution is 6.32. The molecule has 160 valence electrons. The number of hydrazone groups is 1. The van der Waals surface area contributed by atoms with Crippen LogP contribution < -0.4 is 10.2 Å². The fourth-order valence-electron chi connectivity index (χ4n) is 3.15. The van der Waals surface area contributed by atoms with Crippen molar-refractivity contribution >= 4 is 34.5 Å². The van der Waals surface area contributed by atoms with Crippen LogP contribution in [0.1, 0.15) is 21.5 Å². The Hall–Kier alpha value is -3.90. The maximum absolute atomic E-state index is 13.1. The van der Waals surface area contributed by atoms with Crippen LogP contribution in [0.4, 0.5) is 4.39 Å². The van der Waals surface area contributed by atoms with Crippen LogP contribution >= 0.6 is 11.6 Å². The van der Waals surface area contributed by atoms with Crippen molar-refractivity contribution in [3.63, 3.8) is 0 Å². The van der Waals surface area contributed by atoms with Gasteiger partial charge in [-0.3, -0.25) is 4.79 Å². The minimum Gasteiger partial charge on any atom is -0.506 e. The molecule has 1 amide bonds. The molecule has 0 aromatic heterocycles. The van der Waals surface area contributed by atoms with E-state index in [9.17, 15) is 14.3 Å². The maximum Gasteiger partial charge on any atom is 0.271 e. The molecule has 0 saturated carbocycles. The van der Waals surface area contributed by atoms with Crippen LogP contribution in [0, 0.1) is 5.82 Å². The normalized spacial score (nSPS) is 11.1. The second-order valence-corrected chi connectivity index (χ2v) is 7.39. The van der Waals surface area contributed by atoms with E-state index < -0.39 is 5.91 Å². The molecular formula is C25H18ClFN2O3. The molecule has 0 radical (unpaired) electrons. The Morgan fingerprint density at radius 3 is 2.53 bits per heavy atom. The smallest absolute Gasteiger partial charge is 0.271 e. The summed E-state index contributed by atoms with van der Waals surface area (Å²) in [5, 5.41) is 15.4. The highest BCUT2D eigenvalue weighted by atomic mass is 35.5. The van der Waals surface area contributed by atoms with Gasteiger partial charge < -0.3 is 9.84 Å². The van der Waals surface area contributed by atoms with Crippen molar-refractivity contribution in [1.29, 1.82) is 0 Å². The number of nitrogens with one attached hydrogen (secondary N) is 1. The molecule has 0 bridgehead atoms. The molecular weight excluding hydrogens is 431 g/mol. The number of carbonyl (C=O) groups excluding carboxylic acids is 1. The Morgan fingerprint density at radius 1 is 1.03 bits per heavy atom. The number of ether oxygens (including phenoxy) is 1. The third kappa shape index (κ3) is 4.87. The van der Waals surface area contributed by atoms with Gasteiger partial charge in [0.25, 0.3) is 5.91 Å². The van der Waals surface area contributed by atoms with Gasteiger partial charge in [0.15, 0.2) is 0 Å². The van der Waals surface area contributed by atoms with E-state index in [-0.39, 0.29) is 22.2 Å². The molecule has 4 aromatic rings. The van der Waals surface area contributed by atoms with Gasteiger partial charge in [-0.05, 0) is 53.4 Å². The van der Waals surface area contributed by atoms with E-state index in [4.69, 9.17) is 16.3 Å². The number of halogens is 2. The van der Waals surface area contributed by atoms with E-state index in [1.165, 1.54) is 30.3 Å². The van der Waals surface area contributed by atoms with Crippen molar-refractivity contribution < 1.29 is 19.0 Å². The number of nitrogens with zero attached hydrogens (tertiary/aromatic N) is 1. The lowest BCUT2D eigenvalue weighted by Crippen LogP contribution is -2.17. The Balaban J connectivity index is 1.50. The summed E-state index contributed by atoms with van der Waals surface area (Å²) in [5.41, 5.74) is 4.38. The number of phenolic OH excluding ortho intramolecular Hbond substituents is 1. The number of hydrogen-bond acceptors (Lipinski definition) is 4. The van der Waals surface area contributed by atoms with E-state index in [1.54, 1.807) is 18.3 Å². The van der Waals surface area contributed by atoms with Crippen LogP contribution in [0.5, 0.6) is 11.5 Å². The minimum atomic E-state index is -0.452. The van der Waals surface area contributed by atoms with Gasteiger partial charge in [0, 0.05) is 16.5 Å². The molecule has 32 heavy (non-hydrogen) atoms. The Labute approximate surface area is 188 Å². The van der Waals surface area contributed by atoms with E-state index in [0.717, 1.165) is 21.9 Å². The summed E-state index contributed by atoms with van der Waals surface area (Å²) >= 11 is 5.84. The molecule has 0 heterocycles. The Kier molecular flexibility index (Phi) is 6.33. The highest BCUT2D eigenvalue weighted by Crippen LogP contribution is 2.28. The van der Waals surface area contributed by atoms with E-state index in [2.05, 4.69) is 10.5 Å². The summed E-state index contributed by atoms with van der Waals surface area (Å²) < 4.78 is 19.0. The molecule has 2 N–H and O–H groups in total. The van der Waals surface area contributed by atoms with Crippen molar-refractivity contribution in [1.82, 2.24) is 5.43 Å². The average Bonchev–Trinajstić information content (AvgIpc) is 2.81. The Bertz CT molecular complexity index is 1310. The molecule has 0 aliphatic carbocycles. The zero-order chi connectivity index (χ0) is 22.5. The first kappa shape index (κ1) is 21.3. The van der Waals surface area contributed by atoms with Crippen molar-refractivity contribution in [3.05, 3.63) is 106 Å². The zero-order valence-electron chi connectivity index (χ0n) is 16.8. The molecule has 0 aliphatic rings. The lowest BCUT2D eigenvalue weighted by atomic mass is 10.0. The number of hydrogen-bond donors (Lipinski definition) is 2. The van der Waals surface area contributed by atoms with Gasteiger partial charge in [0.1, 0.15) is 23.9 Å². The summed E-state index contributed by atoms with van der Waals surface area (Å²) in [4.78, 5) is 12.2. The van der Waals surface area contributed by atoms with Crippen LogP contribution in [0.3, 0.4) is 0 Å². The summed E-state index contributed by atoms with van der Waals surface area (Å²) in [6.45, 7) is 0.308. The first-order chi connectivity index (χ1) is 15.5. The molecule has 7 heteroatoms. The quantitative estimate of drug-likeness (QED) is 0.294. The molecule has 5 nitrogen and oxygen atoms in total. The number of rotatable bonds is 6. The average molecular weight is 449 g/mol. The third-order valence-corrected chi connectivity index (χ3v) is 5.11. The summed E-state index contributed by atoms with van der Waals surface area (Å²) in [6, 6.07) is 21.7. The fourth-order valence-corrected chi connectivity index (χ4v) is 3.33. The molecule has 0 aliphatic heterocycles. The van der Waals surface area contributed by atoms with Gasteiger partial charge in [-0.1, -0.05) is 48.0 Å². The third-order valence-electron chi connectivity index (χ3n) is 4.80. The Morgan fingerprint density at radius 2 is 1.78 bits per heavy atom. The minimum absolute atomic E-state index is 0.0869. The summed E-state index contributed by atoms with van der Waals surface area (Å²) in [6.07, 6.45) is 1.55. The number of carbonyl (C=O) groups is 1. The second kappa shape index (κ2) is 9.49. The lowest BCUT2D eigenvalue weighted by molar-refractivity contribution is 0.0955. The molecule has 0 atom stereocenters. The van der Waals surface area contributed by atoms with Gasteiger partial charge in [0.2, 0.25) is 0 Å². The number of phenols is 1. The van der Waals surface area contributed by atoms with Crippen LogP contribution in [0.25, 0.3) is 10.8 Å². The predicted octanol–water partition coefficient (Wildman–Crippen LogP) is 5.68. The lowest BCUT2D eigenvalue weighted by Gasteiger charge is -2.11. The van der Waals surface area contributed by atoms with Gasteiger partial charge >= 0.3 is 0 Å². The van der Waals surface area contributed by atoms with Crippen molar-refractivity contribution in [2.75, 3.05) is 0 Å². The van der Waals surface area contributed by atoms with Crippen LogP contribution in [-0.4, -0.2) is 17.2 Å². The second-order valence-electron chi connectivity index (χ2n) is 6.98. The van der Waals surface area contributed by atoms with Gasteiger partial charge in [-0.25, -0.2) is 9.82 Å². The number of amides is 1. The molecule has 4 rings (SSSR count). The van der Waals surface area contributed by atoms with Crippen molar-refractivity contribution in [3.8, 4) is 11.5 Å². The fraction of sp³-hybridized carbons (Fsp3) is 0.0400. The SMILES string of the molecule is O=C(N/N=C/c1ccc(OCc2ccc(F)cc2)c2ccccc12)c1ccc(O)c(Cl)c1. The monoisotopic (exact) mass is 448 g/mol. The summed E-state index contributed by atoms with van der Waals surface area (Å²) in [5.74, 6) is -0.153. The molecule has 0 saturated heterocycles. The maximum atomic E-state index is 13.1. The number of fused-ring (bicyclic) bond motifs is 1. The van der Waals surface area contributed by atoms with E-state index in [1.807, 2.05) is 36.4 Å². The van der Waals surface area contributed by atoms with E-state index >= 15 is 0 Å². The number of aromatic hydroxyl groups is 1. The highest BCUT2D eigenvalue weighted by Gasteiger charge is 2.09. The van der Waals surface area contributed by atoms with E-state index in [0.29, 0.717) is 12.4 Å². The number of benzene rings is 4. The zero-order valence-corrected chi connectivity index (χ0v) is 17.5. The predicted molar refractivity (Wildman–Crippen MR) is 123 cm³/mol. The van der Waals surface area contributed by atoms with Crippen LogP contribution in [0.2, 0.25) is 5.02 Å². The van der Waals surface area contributed by atoms with Gasteiger partial charge in [0.05, 0.1) is 11.2 Å². The topological polar surface area (TPSA) is 70.9 Å². The standard InChI is InChI=1S/C25H18ClFN2O3/c26-22-13-17(7-11-23(22)30)25(31)29-28-14-18-8-12-24(21-4-2-1-3-20(18)21)32-15-16-5-9-19(27)10-6-16/h1-14,30H,15H2,(H,29,31)/b28-14+. The molecule has 0 spiro atoms. The summed E-state index contributed by atoms with van der Waals surface area (Å²) in [7, 11) is 0. The first-order valence-electron chi connectivity index (χ1n) is 9.72. The van der Waals surface area contributed by atoms with Gasteiger partial charge in [-0.2, -0.15) is 5.10 Å². The first-order valence-corrected chi connectivity index (χ1v) is 10.1. The molecule has 0 fully saturated rings. The largest absolute Gasteiger partial charge is 0.506 e. The van der Waals surface area contributed by atoms with Crippen LogP contribution in [0.15, 0.2) is 84.0 Å². The van der Waals surface area contributed by atoms with Gasteiger partial charge in [-0.15, -0.1) is 0 Å². The van der Waals surface area contributed by atoms with Crippen molar-refractivity contribution in [2.24, 2.45) is 5.10 Å². The molecule has 0 unspecified atom stereocenters. The van der Waals surface area contributed by atoms with Crippen molar-refractivity contribution in [2.45, 2.75) is 6.61 Å². The molecule has 4 aromatic carbocycles.